The number of pyridine rings is 2. The number of nitrogens with zero attached hydrogens (tertiary/aromatic N) is 7. The minimum Gasteiger partial charge on any atom is -0.444 e. The van der Waals surface area contributed by atoms with Crippen molar-refractivity contribution in [1.82, 2.24) is 29.9 Å². The molecule has 212 valence electrons. The van der Waals surface area contributed by atoms with E-state index < -0.39 is 5.60 Å². The molecule has 2 atom stereocenters. The molecule has 1 aliphatic heterocycles. The second-order valence-corrected chi connectivity index (χ2v) is 12.8. The summed E-state index contributed by atoms with van der Waals surface area (Å²) in [5, 5.41) is 8.84. The van der Waals surface area contributed by atoms with Gasteiger partial charge in [0.1, 0.15) is 11.3 Å². The van der Waals surface area contributed by atoms with E-state index in [1.807, 2.05) is 55.1 Å². The molecule has 0 spiro atoms. The van der Waals surface area contributed by atoms with Crippen LogP contribution in [0.1, 0.15) is 89.4 Å². The monoisotopic (exact) mass is 543 g/mol. The third-order valence-corrected chi connectivity index (χ3v) is 8.19. The van der Waals surface area contributed by atoms with E-state index in [9.17, 15) is 4.79 Å². The Morgan fingerprint density at radius 2 is 1.95 bits per heavy atom. The van der Waals surface area contributed by atoms with Gasteiger partial charge < -0.3 is 14.5 Å². The Kier molecular flexibility index (Phi) is 7.23. The summed E-state index contributed by atoms with van der Waals surface area (Å²) in [6, 6.07) is 6.50. The number of rotatable bonds is 8. The highest BCUT2D eigenvalue weighted by molar-refractivity contribution is 5.69. The van der Waals surface area contributed by atoms with Crippen molar-refractivity contribution in [3.05, 3.63) is 54.2 Å². The van der Waals surface area contributed by atoms with Crippen LogP contribution in [0.15, 0.2) is 43.0 Å². The van der Waals surface area contributed by atoms with Gasteiger partial charge in [-0.3, -0.25) is 9.97 Å². The lowest BCUT2D eigenvalue weighted by Crippen LogP contribution is -2.52. The smallest absolute Gasteiger partial charge is 0.410 e. The van der Waals surface area contributed by atoms with Crippen molar-refractivity contribution in [2.24, 2.45) is 5.92 Å². The first-order valence-electron chi connectivity index (χ1n) is 14.8. The fourth-order valence-electron chi connectivity index (χ4n) is 5.52. The van der Waals surface area contributed by atoms with Crippen LogP contribution in [0, 0.1) is 5.92 Å². The van der Waals surface area contributed by atoms with Crippen molar-refractivity contribution in [2.75, 3.05) is 24.5 Å². The van der Waals surface area contributed by atoms with Crippen LogP contribution in [-0.4, -0.2) is 67.2 Å². The van der Waals surface area contributed by atoms with E-state index >= 15 is 0 Å². The van der Waals surface area contributed by atoms with Crippen molar-refractivity contribution in [3.8, 4) is 11.3 Å². The molecule has 1 saturated heterocycles. The van der Waals surface area contributed by atoms with Crippen LogP contribution >= 0.6 is 0 Å². The largest absolute Gasteiger partial charge is 0.444 e. The molecule has 2 saturated carbocycles. The van der Waals surface area contributed by atoms with E-state index in [0.717, 1.165) is 55.1 Å². The second kappa shape index (κ2) is 10.8. The number of amides is 1. The molecule has 3 fully saturated rings. The minimum atomic E-state index is -0.494. The molecule has 6 rings (SSSR count). The molecule has 3 aromatic heterocycles. The maximum Gasteiger partial charge on any atom is 0.410 e. The molecule has 0 aromatic carbocycles. The Morgan fingerprint density at radius 3 is 2.65 bits per heavy atom. The third kappa shape index (κ3) is 6.29. The number of aromatic nitrogens is 5. The fraction of sp³-hybridized carbons (Fsp3) is 0.581. The summed E-state index contributed by atoms with van der Waals surface area (Å²) < 4.78 is 7.66. The molecule has 2 aliphatic carbocycles. The Bertz CT molecular complexity index is 1320. The van der Waals surface area contributed by atoms with Gasteiger partial charge >= 0.3 is 6.09 Å². The van der Waals surface area contributed by atoms with E-state index in [-0.39, 0.29) is 18.2 Å². The lowest BCUT2D eigenvalue weighted by atomic mass is 10.0. The van der Waals surface area contributed by atoms with Gasteiger partial charge in [-0.25, -0.2) is 9.48 Å². The third-order valence-electron chi connectivity index (χ3n) is 8.19. The molecule has 9 heteroatoms. The van der Waals surface area contributed by atoms with E-state index in [1.54, 1.807) is 0 Å². The maximum atomic E-state index is 13.1. The summed E-state index contributed by atoms with van der Waals surface area (Å²) in [5.41, 5.74) is 4.65. The summed E-state index contributed by atoms with van der Waals surface area (Å²) in [6.07, 6.45) is 14.5. The number of ether oxygens (including phenoxy) is 1. The Labute approximate surface area is 236 Å². The Morgan fingerprint density at radius 1 is 1.12 bits per heavy atom. The average molecular weight is 544 g/mol. The Hall–Kier alpha value is -3.49. The molecule has 9 nitrogen and oxygen atoms in total. The molecule has 0 N–H and O–H groups in total. The fourth-order valence-corrected chi connectivity index (χ4v) is 5.52. The number of hydrogen-bond acceptors (Lipinski definition) is 7. The summed E-state index contributed by atoms with van der Waals surface area (Å²) in [5.74, 6) is 1.26. The molecule has 3 aromatic rings. The lowest BCUT2D eigenvalue weighted by Gasteiger charge is -2.40. The highest BCUT2D eigenvalue weighted by atomic mass is 16.6. The van der Waals surface area contributed by atoms with Crippen molar-refractivity contribution < 1.29 is 9.53 Å². The average Bonchev–Trinajstić information content (AvgIpc) is 3.89. The van der Waals surface area contributed by atoms with Crippen LogP contribution in [0.25, 0.3) is 11.3 Å². The Balaban J connectivity index is 1.12. The van der Waals surface area contributed by atoms with Gasteiger partial charge in [-0.05, 0) is 102 Å². The second-order valence-electron chi connectivity index (χ2n) is 12.8. The van der Waals surface area contributed by atoms with E-state index in [4.69, 9.17) is 9.72 Å². The summed E-state index contributed by atoms with van der Waals surface area (Å²) in [6.45, 7) is 10.4. The molecule has 4 heterocycles. The van der Waals surface area contributed by atoms with E-state index in [2.05, 4.69) is 45.3 Å². The standard InChI is InChI=1S/C31H41N7O2/c1-21(38-20-29(34-35-38)25-14-24(15-32-16-25)23-9-10-23)28-12-11-26(17-33-28)36-13-5-6-27(19-36)37(18-22-7-8-22)30(39)40-31(2,3)4/h11-12,14-17,20-23,27H,5-10,13,18-19H2,1-4H3/t21?,27-/m1/s1. The SMILES string of the molecule is CC(c1ccc(N2CCC[C@@H](N(CC3CC3)C(=O)OC(C)(C)C)C2)cn1)n1cc(-c2cncc(C3CC3)c2)nn1. The first-order valence-corrected chi connectivity index (χ1v) is 14.8. The summed E-state index contributed by atoms with van der Waals surface area (Å²) in [7, 11) is 0. The summed E-state index contributed by atoms with van der Waals surface area (Å²) in [4.78, 5) is 26.7. The number of hydrogen-bond donors (Lipinski definition) is 0. The molecule has 0 radical (unpaired) electrons. The van der Waals surface area contributed by atoms with Crippen LogP contribution in [0.5, 0.6) is 0 Å². The van der Waals surface area contributed by atoms with Crippen LogP contribution in [-0.2, 0) is 4.74 Å². The van der Waals surface area contributed by atoms with Crippen LogP contribution < -0.4 is 4.90 Å². The van der Waals surface area contributed by atoms with Gasteiger partial charge in [0, 0.05) is 37.6 Å². The van der Waals surface area contributed by atoms with Gasteiger partial charge in [0.15, 0.2) is 0 Å². The number of anilines is 1. The van der Waals surface area contributed by atoms with Crippen molar-refractivity contribution >= 4 is 11.8 Å². The normalized spacial score (nSPS) is 20.3. The number of carbonyl (C=O) groups is 1. The number of carbonyl (C=O) groups excluding carboxylic acids is 1. The molecule has 0 bridgehead atoms. The van der Waals surface area contributed by atoms with Crippen LogP contribution in [0.3, 0.4) is 0 Å². The highest BCUT2D eigenvalue weighted by Crippen LogP contribution is 2.40. The molecular weight excluding hydrogens is 502 g/mol. The highest BCUT2D eigenvalue weighted by Gasteiger charge is 2.36. The zero-order chi connectivity index (χ0) is 27.9. The summed E-state index contributed by atoms with van der Waals surface area (Å²) >= 11 is 0. The molecular formula is C31H41N7O2. The van der Waals surface area contributed by atoms with Crippen LogP contribution in [0.2, 0.25) is 0 Å². The first-order chi connectivity index (χ1) is 19.2. The predicted molar refractivity (Wildman–Crippen MR) is 154 cm³/mol. The minimum absolute atomic E-state index is 0.0508. The molecule has 1 unspecified atom stereocenters. The van der Waals surface area contributed by atoms with E-state index in [1.165, 1.54) is 31.2 Å². The maximum absolute atomic E-state index is 13.1. The zero-order valence-electron chi connectivity index (χ0n) is 24.2. The molecule has 40 heavy (non-hydrogen) atoms. The van der Waals surface area contributed by atoms with Crippen molar-refractivity contribution in [3.63, 3.8) is 0 Å². The predicted octanol–water partition coefficient (Wildman–Crippen LogP) is 5.84. The van der Waals surface area contributed by atoms with Gasteiger partial charge in [-0.1, -0.05) is 5.21 Å². The molecule has 3 aliphatic rings. The van der Waals surface area contributed by atoms with Gasteiger partial charge in [-0.2, -0.15) is 0 Å². The van der Waals surface area contributed by atoms with Gasteiger partial charge in [0.05, 0.1) is 35.9 Å². The lowest BCUT2D eigenvalue weighted by molar-refractivity contribution is 0.0134. The quantitative estimate of drug-likeness (QED) is 0.353. The number of piperidine rings is 1. The first kappa shape index (κ1) is 26.7. The topological polar surface area (TPSA) is 89.3 Å². The van der Waals surface area contributed by atoms with Crippen molar-refractivity contribution in [1.29, 1.82) is 0 Å². The molecule has 1 amide bonds. The van der Waals surface area contributed by atoms with Gasteiger partial charge in [-0.15, -0.1) is 5.10 Å². The zero-order valence-corrected chi connectivity index (χ0v) is 24.2. The van der Waals surface area contributed by atoms with Gasteiger partial charge in [0.25, 0.3) is 0 Å². The van der Waals surface area contributed by atoms with E-state index in [0.29, 0.717) is 11.8 Å². The van der Waals surface area contributed by atoms with Gasteiger partial charge in [0.2, 0.25) is 0 Å². The van der Waals surface area contributed by atoms with Crippen LogP contribution in [0.4, 0.5) is 10.5 Å². The van der Waals surface area contributed by atoms with Crippen molar-refractivity contribution in [2.45, 2.75) is 89.8 Å².